The van der Waals surface area contributed by atoms with Crippen LogP contribution in [0.2, 0.25) is 0 Å². The molecule has 1 aliphatic rings. The van der Waals surface area contributed by atoms with Gasteiger partial charge in [0.1, 0.15) is 0 Å². The maximum atomic E-state index is 11.2. The van der Waals surface area contributed by atoms with Crippen molar-refractivity contribution < 1.29 is 26.7 Å². The molecule has 3 nitrogen and oxygen atoms in total. The normalized spacial score (nSPS) is 14.1. The van der Waals surface area contributed by atoms with E-state index in [-0.39, 0.29) is 28.9 Å². The first-order valence-corrected chi connectivity index (χ1v) is 3.50. The summed E-state index contributed by atoms with van der Waals surface area (Å²) in [4.78, 5) is 23.4. The van der Waals surface area contributed by atoms with Crippen LogP contribution in [0.4, 0.5) is 0 Å². The summed E-state index contributed by atoms with van der Waals surface area (Å²) in [7, 11) is 3.35. The van der Waals surface area contributed by atoms with Gasteiger partial charge in [-0.3, -0.25) is 9.59 Å². The van der Waals surface area contributed by atoms with Crippen LogP contribution in [0.15, 0.2) is 24.3 Å². The maximum Gasteiger partial charge on any atom is 1.00 e. The molecule has 1 aromatic carbocycles. The zero-order valence-corrected chi connectivity index (χ0v) is 7.52. The number of nitrogens with zero attached hydrogens (tertiary/aromatic N) is 1. The number of imide groups is 1. The molecule has 0 aromatic heterocycles. The fourth-order valence-electron chi connectivity index (χ4n) is 1.24. The SMILES string of the molecule is [CH2-]N1C(=O)c2ccccc2C1=O.[Cu+]. The van der Waals surface area contributed by atoms with Crippen LogP contribution in [0, 0.1) is 7.05 Å². The number of amides is 2. The van der Waals surface area contributed by atoms with E-state index in [1.807, 2.05) is 0 Å². The third-order valence-electron chi connectivity index (χ3n) is 1.88. The zero-order valence-electron chi connectivity index (χ0n) is 6.58. The standard InChI is InChI=1S/C9H6NO2.Cu/c1-10-8(11)6-4-2-3-5-7(6)9(10)12;/h2-5H,1H2;/q-1;+1. The van der Waals surface area contributed by atoms with Crippen molar-refractivity contribution in [2.24, 2.45) is 0 Å². The van der Waals surface area contributed by atoms with Gasteiger partial charge in [-0.05, 0) is 12.1 Å². The van der Waals surface area contributed by atoms with Gasteiger partial charge in [-0.1, -0.05) is 12.1 Å². The number of hydrogen-bond acceptors (Lipinski definition) is 2. The van der Waals surface area contributed by atoms with Gasteiger partial charge in [-0.2, -0.15) is 0 Å². The molecule has 1 aliphatic heterocycles. The molecular weight excluding hydrogens is 218 g/mol. The van der Waals surface area contributed by atoms with Crippen molar-refractivity contribution in [1.29, 1.82) is 0 Å². The molecule has 4 heteroatoms. The molecular formula is C9H6CuNO2. The van der Waals surface area contributed by atoms with Crippen LogP contribution in [0.3, 0.4) is 0 Å². The Morgan fingerprint density at radius 3 is 1.77 bits per heavy atom. The van der Waals surface area contributed by atoms with Crippen LogP contribution in [0.25, 0.3) is 0 Å². The summed E-state index contributed by atoms with van der Waals surface area (Å²) in [5.74, 6) is -0.647. The minimum atomic E-state index is -0.324. The number of benzene rings is 1. The van der Waals surface area contributed by atoms with Crippen LogP contribution < -0.4 is 0 Å². The second kappa shape index (κ2) is 3.32. The van der Waals surface area contributed by atoms with E-state index in [9.17, 15) is 9.59 Å². The third kappa shape index (κ3) is 1.28. The molecule has 13 heavy (non-hydrogen) atoms. The predicted octanol–water partition coefficient (Wildman–Crippen LogP) is 1.07. The fraction of sp³-hybridized carbons (Fsp3) is 0. The summed E-state index contributed by atoms with van der Waals surface area (Å²) >= 11 is 0. The van der Waals surface area contributed by atoms with Crippen molar-refractivity contribution in [2.75, 3.05) is 0 Å². The largest absolute Gasteiger partial charge is 1.00 e. The van der Waals surface area contributed by atoms with Crippen LogP contribution in [-0.4, -0.2) is 16.7 Å². The van der Waals surface area contributed by atoms with Gasteiger partial charge in [0.15, 0.2) is 0 Å². The number of rotatable bonds is 0. The summed E-state index contributed by atoms with van der Waals surface area (Å²) < 4.78 is 0. The van der Waals surface area contributed by atoms with Gasteiger partial charge in [0.25, 0.3) is 0 Å². The molecule has 0 atom stereocenters. The average Bonchev–Trinajstić information content (AvgIpc) is 2.33. The van der Waals surface area contributed by atoms with Gasteiger partial charge in [0.2, 0.25) is 11.8 Å². The first kappa shape index (κ1) is 9.96. The van der Waals surface area contributed by atoms with E-state index in [4.69, 9.17) is 0 Å². The van der Waals surface area contributed by atoms with Crippen molar-refractivity contribution in [1.82, 2.24) is 4.90 Å². The Kier molecular flexibility index (Phi) is 2.55. The molecule has 0 N–H and O–H groups in total. The van der Waals surface area contributed by atoms with Gasteiger partial charge in [-0.25, -0.2) is 7.05 Å². The fourth-order valence-corrected chi connectivity index (χ4v) is 1.24. The van der Waals surface area contributed by atoms with E-state index in [1.165, 1.54) is 0 Å². The number of fused-ring (bicyclic) bond motifs is 1. The molecule has 0 saturated carbocycles. The van der Waals surface area contributed by atoms with Crippen molar-refractivity contribution in [2.45, 2.75) is 0 Å². The average molecular weight is 224 g/mol. The Hall–Kier alpha value is -1.12. The minimum absolute atomic E-state index is 0. The molecule has 1 heterocycles. The number of hydrogen-bond donors (Lipinski definition) is 0. The van der Waals surface area contributed by atoms with Gasteiger partial charge in [0, 0.05) is 11.1 Å². The van der Waals surface area contributed by atoms with E-state index in [1.54, 1.807) is 24.3 Å². The van der Waals surface area contributed by atoms with Crippen molar-refractivity contribution in [3.63, 3.8) is 0 Å². The van der Waals surface area contributed by atoms with E-state index >= 15 is 0 Å². The van der Waals surface area contributed by atoms with Gasteiger partial charge in [-0.15, -0.1) is 0 Å². The van der Waals surface area contributed by atoms with Crippen LogP contribution >= 0.6 is 0 Å². The van der Waals surface area contributed by atoms with E-state index < -0.39 is 0 Å². The molecule has 0 bridgehead atoms. The number of carbonyl (C=O) groups is 2. The molecule has 0 radical (unpaired) electrons. The van der Waals surface area contributed by atoms with Crippen LogP contribution in [0.5, 0.6) is 0 Å². The third-order valence-corrected chi connectivity index (χ3v) is 1.88. The van der Waals surface area contributed by atoms with Crippen molar-refractivity contribution >= 4 is 11.8 Å². The monoisotopic (exact) mass is 223 g/mol. The molecule has 0 aliphatic carbocycles. The molecule has 0 fully saturated rings. The van der Waals surface area contributed by atoms with Crippen LogP contribution in [-0.2, 0) is 17.1 Å². The molecule has 70 valence electrons. The first-order valence-electron chi connectivity index (χ1n) is 3.50. The predicted molar refractivity (Wildman–Crippen MR) is 42.3 cm³/mol. The van der Waals surface area contributed by atoms with Crippen LogP contribution in [0.1, 0.15) is 20.7 Å². The topological polar surface area (TPSA) is 37.4 Å². The van der Waals surface area contributed by atoms with E-state index in [0.29, 0.717) is 11.1 Å². The van der Waals surface area contributed by atoms with Crippen molar-refractivity contribution in [3.05, 3.63) is 42.4 Å². The Balaban J connectivity index is 0.000000845. The maximum absolute atomic E-state index is 11.2. The summed E-state index contributed by atoms with van der Waals surface area (Å²) in [6.45, 7) is 0. The second-order valence-corrected chi connectivity index (χ2v) is 2.58. The summed E-state index contributed by atoms with van der Waals surface area (Å²) in [5, 5.41) is 0. The molecule has 0 saturated heterocycles. The smallest absolute Gasteiger partial charge is 0.430 e. The number of carbonyl (C=O) groups excluding carboxylic acids is 2. The molecule has 2 rings (SSSR count). The molecule has 2 amide bonds. The van der Waals surface area contributed by atoms with Gasteiger partial charge < -0.3 is 4.90 Å². The Labute approximate surface area is 86.2 Å². The minimum Gasteiger partial charge on any atom is -0.430 e. The van der Waals surface area contributed by atoms with Gasteiger partial charge >= 0.3 is 17.1 Å². The molecule has 0 spiro atoms. The van der Waals surface area contributed by atoms with E-state index in [2.05, 4.69) is 7.05 Å². The Morgan fingerprint density at radius 1 is 1.00 bits per heavy atom. The Bertz CT molecular complexity index is 341. The zero-order chi connectivity index (χ0) is 8.72. The Morgan fingerprint density at radius 2 is 1.38 bits per heavy atom. The van der Waals surface area contributed by atoms with E-state index in [0.717, 1.165) is 4.90 Å². The van der Waals surface area contributed by atoms with Crippen molar-refractivity contribution in [3.8, 4) is 0 Å². The first-order chi connectivity index (χ1) is 5.72. The van der Waals surface area contributed by atoms with Gasteiger partial charge in [0.05, 0.1) is 0 Å². The molecule has 1 aromatic rings. The molecule has 0 unspecified atom stereocenters. The quantitative estimate of drug-likeness (QED) is 0.375. The summed E-state index contributed by atoms with van der Waals surface area (Å²) in [6.07, 6.45) is 0. The summed E-state index contributed by atoms with van der Waals surface area (Å²) in [5.41, 5.74) is 0.884. The second-order valence-electron chi connectivity index (χ2n) is 2.58. The summed E-state index contributed by atoms with van der Waals surface area (Å²) in [6, 6.07) is 6.70.